The molecule has 17 heavy (non-hydrogen) atoms. The molecule has 0 bridgehead atoms. The first-order valence-corrected chi connectivity index (χ1v) is 6.87. The molecule has 0 aliphatic carbocycles. The normalized spacial score (nSPS) is 10.6. The minimum atomic E-state index is 0.182. The molecule has 0 saturated heterocycles. The van der Waals surface area contributed by atoms with Crippen molar-refractivity contribution in [2.75, 3.05) is 31.1 Å². The van der Waals surface area contributed by atoms with Crippen molar-refractivity contribution in [3.63, 3.8) is 0 Å². The van der Waals surface area contributed by atoms with E-state index in [4.69, 9.17) is 5.11 Å². The lowest BCUT2D eigenvalue weighted by atomic mass is 10.1. The van der Waals surface area contributed by atoms with Gasteiger partial charge in [0, 0.05) is 29.8 Å². The van der Waals surface area contributed by atoms with Gasteiger partial charge in [-0.25, -0.2) is 0 Å². The Hall–Kier alpha value is -0.580. The maximum atomic E-state index is 9.10. The van der Waals surface area contributed by atoms with Gasteiger partial charge in [0.1, 0.15) is 0 Å². The maximum Gasteiger partial charge on any atom is 0.0606 e. The predicted molar refractivity (Wildman–Crippen MR) is 76.5 cm³/mol. The van der Waals surface area contributed by atoms with E-state index in [0.29, 0.717) is 6.54 Å². The number of hydrogen-bond donors (Lipinski definition) is 2. The van der Waals surface area contributed by atoms with Gasteiger partial charge in [-0.1, -0.05) is 28.9 Å². The molecule has 0 aromatic heterocycles. The fourth-order valence-corrected chi connectivity index (χ4v) is 2.16. The molecule has 4 heteroatoms. The molecular formula is C13H21BrN2O. The van der Waals surface area contributed by atoms with E-state index in [1.54, 1.807) is 0 Å². The topological polar surface area (TPSA) is 35.5 Å². The van der Waals surface area contributed by atoms with Crippen LogP contribution in [0.5, 0.6) is 0 Å². The van der Waals surface area contributed by atoms with Gasteiger partial charge in [-0.05, 0) is 31.2 Å². The second-order valence-electron chi connectivity index (χ2n) is 3.86. The smallest absolute Gasteiger partial charge is 0.0606 e. The van der Waals surface area contributed by atoms with Gasteiger partial charge in [-0.3, -0.25) is 0 Å². The highest BCUT2D eigenvalue weighted by Gasteiger charge is 2.09. The Balaban J connectivity index is 2.95. The Kier molecular flexibility index (Phi) is 6.55. The largest absolute Gasteiger partial charge is 0.395 e. The van der Waals surface area contributed by atoms with E-state index in [0.717, 1.165) is 24.1 Å². The van der Waals surface area contributed by atoms with Gasteiger partial charge in [0.15, 0.2) is 0 Å². The third-order valence-corrected chi connectivity index (χ3v) is 3.20. The van der Waals surface area contributed by atoms with E-state index in [2.05, 4.69) is 58.2 Å². The Morgan fingerprint density at radius 3 is 2.71 bits per heavy atom. The molecular weight excluding hydrogens is 280 g/mol. The SMILES string of the molecule is CCNCc1ccc(Br)cc1N(CC)CCO. The fourth-order valence-electron chi connectivity index (χ4n) is 1.81. The summed E-state index contributed by atoms with van der Waals surface area (Å²) in [6.07, 6.45) is 0. The van der Waals surface area contributed by atoms with Crippen molar-refractivity contribution in [2.45, 2.75) is 20.4 Å². The van der Waals surface area contributed by atoms with Gasteiger partial charge in [-0.15, -0.1) is 0 Å². The summed E-state index contributed by atoms with van der Waals surface area (Å²) in [5.74, 6) is 0. The fraction of sp³-hybridized carbons (Fsp3) is 0.538. The highest BCUT2D eigenvalue weighted by Crippen LogP contribution is 2.25. The summed E-state index contributed by atoms with van der Waals surface area (Å²) in [4.78, 5) is 2.19. The summed E-state index contributed by atoms with van der Waals surface area (Å²) in [6.45, 7) is 7.78. The van der Waals surface area contributed by atoms with Crippen molar-refractivity contribution in [2.24, 2.45) is 0 Å². The van der Waals surface area contributed by atoms with E-state index in [1.807, 2.05) is 0 Å². The predicted octanol–water partition coefficient (Wildman–Crippen LogP) is 2.38. The molecule has 0 atom stereocenters. The first kappa shape index (κ1) is 14.5. The van der Waals surface area contributed by atoms with Crippen LogP contribution in [0.25, 0.3) is 0 Å². The van der Waals surface area contributed by atoms with E-state index in [1.165, 1.54) is 11.3 Å². The summed E-state index contributed by atoms with van der Waals surface area (Å²) < 4.78 is 1.07. The minimum absolute atomic E-state index is 0.182. The summed E-state index contributed by atoms with van der Waals surface area (Å²) in [5.41, 5.74) is 2.46. The van der Waals surface area contributed by atoms with Crippen LogP contribution in [0.4, 0.5) is 5.69 Å². The number of benzene rings is 1. The molecule has 2 N–H and O–H groups in total. The molecule has 0 heterocycles. The van der Waals surface area contributed by atoms with E-state index < -0.39 is 0 Å². The molecule has 96 valence electrons. The molecule has 0 aliphatic rings. The van der Waals surface area contributed by atoms with Crippen LogP contribution in [-0.2, 0) is 6.54 Å². The van der Waals surface area contributed by atoms with Gasteiger partial charge in [0.25, 0.3) is 0 Å². The standard InChI is InChI=1S/C13H21BrN2O/c1-3-15-10-11-5-6-12(14)9-13(11)16(4-2)7-8-17/h5-6,9,15,17H,3-4,7-8,10H2,1-2H3. The Morgan fingerprint density at radius 2 is 2.12 bits per heavy atom. The number of aliphatic hydroxyl groups is 1. The second kappa shape index (κ2) is 7.69. The lowest BCUT2D eigenvalue weighted by Crippen LogP contribution is -2.28. The number of nitrogens with zero attached hydrogens (tertiary/aromatic N) is 1. The van der Waals surface area contributed by atoms with Crippen LogP contribution in [0.2, 0.25) is 0 Å². The lowest BCUT2D eigenvalue weighted by molar-refractivity contribution is 0.302. The molecule has 0 fully saturated rings. The molecule has 0 amide bonds. The molecule has 1 aromatic carbocycles. The highest BCUT2D eigenvalue weighted by molar-refractivity contribution is 9.10. The molecule has 0 aliphatic heterocycles. The maximum absolute atomic E-state index is 9.10. The first-order valence-electron chi connectivity index (χ1n) is 6.07. The molecule has 1 aromatic rings. The van der Waals surface area contributed by atoms with Crippen molar-refractivity contribution in [3.05, 3.63) is 28.2 Å². The van der Waals surface area contributed by atoms with Crippen molar-refractivity contribution in [1.29, 1.82) is 0 Å². The van der Waals surface area contributed by atoms with E-state index in [9.17, 15) is 0 Å². The van der Waals surface area contributed by atoms with Crippen LogP contribution < -0.4 is 10.2 Å². The molecule has 0 spiro atoms. The van der Waals surface area contributed by atoms with Crippen molar-refractivity contribution in [1.82, 2.24) is 5.32 Å². The molecule has 0 unspecified atom stereocenters. The number of aliphatic hydroxyl groups excluding tert-OH is 1. The number of anilines is 1. The zero-order valence-electron chi connectivity index (χ0n) is 10.5. The van der Waals surface area contributed by atoms with Crippen LogP contribution in [-0.4, -0.2) is 31.3 Å². The monoisotopic (exact) mass is 300 g/mol. The van der Waals surface area contributed by atoms with Gasteiger partial charge in [0.2, 0.25) is 0 Å². The van der Waals surface area contributed by atoms with Crippen LogP contribution >= 0.6 is 15.9 Å². The molecule has 1 rings (SSSR count). The Labute approximate surface area is 112 Å². The quantitative estimate of drug-likeness (QED) is 0.811. The Morgan fingerprint density at radius 1 is 1.35 bits per heavy atom. The van der Waals surface area contributed by atoms with Crippen molar-refractivity contribution in [3.8, 4) is 0 Å². The van der Waals surface area contributed by atoms with Gasteiger partial charge in [0.05, 0.1) is 6.61 Å². The average molecular weight is 301 g/mol. The molecule has 0 radical (unpaired) electrons. The number of likely N-dealkylation sites (N-methyl/N-ethyl adjacent to an activating group) is 1. The van der Waals surface area contributed by atoms with Crippen molar-refractivity contribution < 1.29 is 5.11 Å². The minimum Gasteiger partial charge on any atom is -0.395 e. The van der Waals surface area contributed by atoms with E-state index >= 15 is 0 Å². The number of halogens is 1. The number of hydrogen-bond acceptors (Lipinski definition) is 3. The summed E-state index contributed by atoms with van der Waals surface area (Å²) >= 11 is 3.50. The van der Waals surface area contributed by atoms with Crippen molar-refractivity contribution >= 4 is 21.6 Å². The van der Waals surface area contributed by atoms with Gasteiger partial charge >= 0.3 is 0 Å². The lowest BCUT2D eigenvalue weighted by Gasteiger charge is -2.25. The van der Waals surface area contributed by atoms with Gasteiger partial charge < -0.3 is 15.3 Å². The number of rotatable bonds is 7. The van der Waals surface area contributed by atoms with E-state index in [-0.39, 0.29) is 6.61 Å². The van der Waals surface area contributed by atoms with Gasteiger partial charge in [-0.2, -0.15) is 0 Å². The summed E-state index contributed by atoms with van der Waals surface area (Å²) in [5, 5.41) is 12.4. The highest BCUT2D eigenvalue weighted by atomic mass is 79.9. The third kappa shape index (κ3) is 4.30. The zero-order chi connectivity index (χ0) is 12.7. The average Bonchev–Trinajstić information content (AvgIpc) is 2.34. The summed E-state index contributed by atoms with van der Waals surface area (Å²) in [7, 11) is 0. The van der Waals surface area contributed by atoms with Crippen LogP contribution in [0, 0.1) is 0 Å². The second-order valence-corrected chi connectivity index (χ2v) is 4.77. The first-order chi connectivity index (χ1) is 8.22. The van der Waals surface area contributed by atoms with Crippen LogP contribution in [0.15, 0.2) is 22.7 Å². The Bertz CT molecular complexity index is 344. The zero-order valence-corrected chi connectivity index (χ0v) is 12.1. The van der Waals surface area contributed by atoms with Crippen LogP contribution in [0.3, 0.4) is 0 Å². The third-order valence-electron chi connectivity index (χ3n) is 2.71. The summed E-state index contributed by atoms with van der Waals surface area (Å²) in [6, 6.07) is 6.30. The molecule has 3 nitrogen and oxygen atoms in total. The molecule has 0 saturated carbocycles. The number of nitrogens with one attached hydrogen (secondary N) is 1. The van der Waals surface area contributed by atoms with Crippen LogP contribution in [0.1, 0.15) is 19.4 Å².